The zero-order chi connectivity index (χ0) is 23.8. The summed E-state index contributed by atoms with van der Waals surface area (Å²) in [5.74, 6) is -0.855. The SMILES string of the molecule is Cc1ccc2nc(-c3ccc(NC(=O)CN4CC(=O)Oc5cc([N+](=O)[O-])ccc54)cc3)sc2c1. The number of non-ortho nitro benzene ring substituents is 1. The van der Waals surface area contributed by atoms with Crippen LogP contribution in [0.5, 0.6) is 5.75 Å². The minimum Gasteiger partial charge on any atom is -0.423 e. The number of amides is 1. The van der Waals surface area contributed by atoms with Gasteiger partial charge in [-0.1, -0.05) is 6.07 Å². The van der Waals surface area contributed by atoms with Gasteiger partial charge in [-0.05, 0) is 55.0 Å². The number of anilines is 2. The van der Waals surface area contributed by atoms with Gasteiger partial charge >= 0.3 is 5.97 Å². The average Bonchev–Trinajstić information content (AvgIpc) is 3.22. The van der Waals surface area contributed by atoms with Gasteiger partial charge in [-0.3, -0.25) is 14.9 Å². The van der Waals surface area contributed by atoms with E-state index in [1.54, 1.807) is 23.5 Å². The molecule has 4 aromatic rings. The Morgan fingerprint density at radius 1 is 1.18 bits per heavy atom. The largest absolute Gasteiger partial charge is 0.423 e. The number of nitrogens with one attached hydrogen (secondary N) is 1. The molecule has 5 rings (SSSR count). The van der Waals surface area contributed by atoms with Crippen LogP contribution in [0.25, 0.3) is 20.8 Å². The van der Waals surface area contributed by atoms with Crippen molar-refractivity contribution < 1.29 is 19.2 Å². The fraction of sp³-hybridized carbons (Fsp3) is 0.125. The fourth-order valence-corrected chi connectivity index (χ4v) is 4.79. The molecule has 0 radical (unpaired) electrons. The third kappa shape index (κ3) is 4.30. The van der Waals surface area contributed by atoms with Gasteiger partial charge in [0.1, 0.15) is 11.6 Å². The Morgan fingerprint density at radius 2 is 1.97 bits per heavy atom. The third-order valence-electron chi connectivity index (χ3n) is 5.33. The number of nitro groups is 1. The first-order valence-electron chi connectivity index (χ1n) is 10.4. The summed E-state index contributed by atoms with van der Waals surface area (Å²) in [6, 6.07) is 17.5. The first-order valence-corrected chi connectivity index (χ1v) is 11.2. The topological polar surface area (TPSA) is 115 Å². The number of fused-ring (bicyclic) bond motifs is 2. The molecule has 0 spiro atoms. The van der Waals surface area contributed by atoms with Crippen LogP contribution >= 0.6 is 11.3 Å². The summed E-state index contributed by atoms with van der Waals surface area (Å²) in [6.07, 6.45) is 0. The van der Waals surface area contributed by atoms with Crippen LogP contribution < -0.4 is 15.0 Å². The molecule has 1 aromatic heterocycles. The van der Waals surface area contributed by atoms with Crippen molar-refractivity contribution in [1.29, 1.82) is 0 Å². The minimum atomic E-state index is -0.587. The number of carbonyl (C=O) groups is 2. The number of nitrogens with zero attached hydrogens (tertiary/aromatic N) is 3. The van der Waals surface area contributed by atoms with Crippen molar-refractivity contribution in [3.05, 3.63) is 76.3 Å². The minimum absolute atomic E-state index is 0.0635. The molecule has 10 heteroatoms. The number of esters is 1. The molecule has 34 heavy (non-hydrogen) atoms. The molecule has 1 aliphatic heterocycles. The highest BCUT2D eigenvalue weighted by Gasteiger charge is 2.27. The Hall–Kier alpha value is -4.31. The molecule has 0 aliphatic carbocycles. The second kappa shape index (κ2) is 8.56. The van der Waals surface area contributed by atoms with Crippen LogP contribution in [0.1, 0.15) is 5.56 Å². The lowest BCUT2D eigenvalue weighted by atomic mass is 10.2. The predicted octanol–water partition coefficient (Wildman–Crippen LogP) is 4.54. The van der Waals surface area contributed by atoms with E-state index in [0.717, 1.165) is 20.8 Å². The van der Waals surface area contributed by atoms with Crippen molar-refractivity contribution in [3.8, 4) is 16.3 Å². The van der Waals surface area contributed by atoms with E-state index in [-0.39, 0.29) is 30.4 Å². The number of rotatable bonds is 5. The highest BCUT2D eigenvalue weighted by atomic mass is 32.1. The van der Waals surface area contributed by atoms with E-state index in [0.29, 0.717) is 11.4 Å². The highest BCUT2D eigenvalue weighted by Crippen LogP contribution is 2.35. The smallest absolute Gasteiger partial charge is 0.331 e. The summed E-state index contributed by atoms with van der Waals surface area (Å²) in [6.45, 7) is 1.80. The molecule has 0 unspecified atom stereocenters. The summed E-state index contributed by atoms with van der Waals surface area (Å²) in [5.41, 5.74) is 3.94. The van der Waals surface area contributed by atoms with Gasteiger partial charge in [-0.2, -0.15) is 0 Å². The number of carbonyl (C=O) groups excluding carboxylic acids is 2. The van der Waals surface area contributed by atoms with Crippen LogP contribution in [0.2, 0.25) is 0 Å². The zero-order valence-corrected chi connectivity index (χ0v) is 18.8. The van der Waals surface area contributed by atoms with Gasteiger partial charge in [0.25, 0.3) is 5.69 Å². The summed E-state index contributed by atoms with van der Waals surface area (Å²) < 4.78 is 6.24. The Kier molecular flexibility index (Phi) is 5.42. The summed E-state index contributed by atoms with van der Waals surface area (Å²) >= 11 is 1.61. The Bertz CT molecular complexity index is 1450. The van der Waals surface area contributed by atoms with Crippen LogP contribution in [0.4, 0.5) is 17.1 Å². The Balaban J connectivity index is 1.28. The van der Waals surface area contributed by atoms with Crippen LogP contribution in [0.15, 0.2) is 60.7 Å². The van der Waals surface area contributed by atoms with Crippen LogP contribution in [0, 0.1) is 17.0 Å². The van der Waals surface area contributed by atoms with Crippen molar-refractivity contribution in [2.75, 3.05) is 23.3 Å². The van der Waals surface area contributed by atoms with Gasteiger partial charge in [0.2, 0.25) is 5.91 Å². The van der Waals surface area contributed by atoms with E-state index in [9.17, 15) is 19.7 Å². The number of hydrogen-bond acceptors (Lipinski definition) is 8. The molecule has 2 heterocycles. The molecule has 170 valence electrons. The lowest BCUT2D eigenvalue weighted by molar-refractivity contribution is -0.384. The van der Waals surface area contributed by atoms with Crippen molar-refractivity contribution in [3.63, 3.8) is 0 Å². The van der Waals surface area contributed by atoms with E-state index in [1.165, 1.54) is 28.7 Å². The van der Waals surface area contributed by atoms with E-state index >= 15 is 0 Å². The van der Waals surface area contributed by atoms with Gasteiger partial charge in [0.15, 0.2) is 5.75 Å². The molecule has 1 N–H and O–H groups in total. The second-order valence-electron chi connectivity index (χ2n) is 7.85. The molecule has 0 atom stereocenters. The van der Waals surface area contributed by atoms with Crippen LogP contribution in [-0.2, 0) is 9.59 Å². The van der Waals surface area contributed by atoms with Gasteiger partial charge in [0, 0.05) is 17.3 Å². The van der Waals surface area contributed by atoms with E-state index in [2.05, 4.69) is 16.4 Å². The van der Waals surface area contributed by atoms with E-state index in [1.807, 2.05) is 31.2 Å². The number of aryl methyl sites for hydroxylation is 1. The number of aromatic nitrogens is 1. The number of hydrogen-bond donors (Lipinski definition) is 1. The maximum atomic E-state index is 12.7. The number of nitro benzene ring substituents is 1. The number of benzene rings is 3. The van der Waals surface area contributed by atoms with Gasteiger partial charge in [-0.15, -0.1) is 11.3 Å². The maximum absolute atomic E-state index is 12.7. The molecule has 1 amide bonds. The first kappa shape index (κ1) is 21.5. The zero-order valence-electron chi connectivity index (χ0n) is 18.0. The van der Waals surface area contributed by atoms with Crippen LogP contribution in [-0.4, -0.2) is 34.9 Å². The third-order valence-corrected chi connectivity index (χ3v) is 6.40. The lowest BCUT2D eigenvalue weighted by Gasteiger charge is -2.28. The molecule has 0 saturated heterocycles. The summed E-state index contributed by atoms with van der Waals surface area (Å²) in [4.78, 5) is 41.2. The van der Waals surface area contributed by atoms with Gasteiger partial charge < -0.3 is 15.0 Å². The molecule has 9 nitrogen and oxygen atoms in total. The maximum Gasteiger partial charge on any atom is 0.331 e. The molecule has 0 saturated carbocycles. The van der Waals surface area contributed by atoms with Crippen molar-refractivity contribution in [2.45, 2.75) is 6.92 Å². The van der Waals surface area contributed by atoms with Crippen molar-refractivity contribution >= 4 is 50.5 Å². The monoisotopic (exact) mass is 474 g/mol. The fourth-order valence-electron chi connectivity index (χ4n) is 3.72. The standard InChI is InChI=1S/C24H18N4O5S/c1-14-2-8-18-21(10-14)34-24(26-18)15-3-5-16(6-4-15)25-22(29)12-27-13-23(30)33-20-11-17(28(31)32)7-9-19(20)27/h2-11H,12-13H2,1H3,(H,25,29). The average molecular weight is 474 g/mol. The molecular formula is C24H18N4O5S. The van der Waals surface area contributed by atoms with Gasteiger partial charge in [-0.25, -0.2) is 9.78 Å². The lowest BCUT2D eigenvalue weighted by Crippen LogP contribution is -2.41. The number of ether oxygens (including phenoxy) is 1. The number of thiazole rings is 1. The molecule has 3 aromatic carbocycles. The van der Waals surface area contributed by atoms with E-state index < -0.39 is 10.9 Å². The molecule has 0 bridgehead atoms. The molecule has 1 aliphatic rings. The first-order chi connectivity index (χ1) is 16.4. The van der Waals surface area contributed by atoms with Crippen LogP contribution in [0.3, 0.4) is 0 Å². The highest BCUT2D eigenvalue weighted by molar-refractivity contribution is 7.21. The van der Waals surface area contributed by atoms with Gasteiger partial charge in [0.05, 0.1) is 33.4 Å². The predicted molar refractivity (Wildman–Crippen MR) is 129 cm³/mol. The second-order valence-corrected chi connectivity index (χ2v) is 8.89. The van der Waals surface area contributed by atoms with Crippen molar-refractivity contribution in [2.24, 2.45) is 0 Å². The normalized spacial score (nSPS) is 12.9. The summed E-state index contributed by atoms with van der Waals surface area (Å²) in [7, 11) is 0. The molecule has 0 fully saturated rings. The summed E-state index contributed by atoms with van der Waals surface area (Å²) in [5, 5.41) is 14.7. The quantitative estimate of drug-likeness (QED) is 0.195. The Labute approximate surface area is 197 Å². The Morgan fingerprint density at radius 3 is 2.74 bits per heavy atom. The van der Waals surface area contributed by atoms with E-state index in [4.69, 9.17) is 4.74 Å². The molecular weight excluding hydrogens is 456 g/mol. The van der Waals surface area contributed by atoms with Crippen molar-refractivity contribution in [1.82, 2.24) is 4.98 Å².